The predicted molar refractivity (Wildman–Crippen MR) is 82.3 cm³/mol. The molecule has 2 atom stereocenters. The summed E-state index contributed by atoms with van der Waals surface area (Å²) in [5.74, 6) is 1.82. The number of ether oxygens (including phenoxy) is 2. The highest BCUT2D eigenvalue weighted by Crippen LogP contribution is 2.48. The minimum Gasteiger partial charge on any atom is -0.454 e. The molecule has 2 aliphatic rings. The fraction of sp³-hybridized carbons (Fsp3) is 0.294. The fourth-order valence-corrected chi connectivity index (χ4v) is 3.69. The Kier molecular flexibility index (Phi) is 3.05. The van der Waals surface area contributed by atoms with Crippen molar-refractivity contribution >= 4 is 11.6 Å². The van der Waals surface area contributed by atoms with Gasteiger partial charge in [0.25, 0.3) is 0 Å². The van der Waals surface area contributed by atoms with Crippen LogP contribution in [0.15, 0.2) is 36.4 Å². The molecule has 1 N–H and O–H groups in total. The van der Waals surface area contributed by atoms with Crippen LogP contribution in [0.5, 0.6) is 11.5 Å². The zero-order valence-electron chi connectivity index (χ0n) is 11.7. The van der Waals surface area contributed by atoms with Gasteiger partial charge in [0.2, 0.25) is 6.79 Å². The van der Waals surface area contributed by atoms with E-state index < -0.39 is 0 Å². The molecule has 0 saturated carbocycles. The van der Waals surface area contributed by atoms with Gasteiger partial charge in [0, 0.05) is 23.0 Å². The van der Waals surface area contributed by atoms with Crippen LogP contribution in [0.1, 0.15) is 35.1 Å². The second-order valence-electron chi connectivity index (χ2n) is 5.49. The topological polar surface area (TPSA) is 30.5 Å². The largest absolute Gasteiger partial charge is 0.454 e. The fourth-order valence-electron chi connectivity index (χ4n) is 3.40. The maximum Gasteiger partial charge on any atom is 0.231 e. The van der Waals surface area contributed by atoms with E-state index in [2.05, 4.69) is 29.6 Å². The molecular weight excluding hydrogens is 286 g/mol. The van der Waals surface area contributed by atoms with E-state index in [1.165, 1.54) is 11.1 Å². The van der Waals surface area contributed by atoms with Crippen LogP contribution >= 0.6 is 11.6 Å². The zero-order valence-corrected chi connectivity index (χ0v) is 12.5. The van der Waals surface area contributed by atoms with Gasteiger partial charge in [0.15, 0.2) is 11.5 Å². The van der Waals surface area contributed by atoms with Crippen LogP contribution in [-0.4, -0.2) is 13.8 Å². The van der Waals surface area contributed by atoms with Gasteiger partial charge in [-0.3, -0.25) is 0 Å². The molecule has 108 valence electrons. The van der Waals surface area contributed by atoms with Gasteiger partial charge in [-0.05, 0) is 36.2 Å². The van der Waals surface area contributed by atoms with Crippen molar-refractivity contribution in [1.82, 2.24) is 5.32 Å². The molecule has 4 rings (SSSR count). The molecule has 0 unspecified atom stereocenters. The molecule has 1 heterocycles. The molecule has 3 nitrogen and oxygen atoms in total. The number of halogens is 1. The average molecular weight is 302 g/mol. The monoisotopic (exact) mass is 301 g/mol. The Bertz CT molecular complexity index is 701. The number of nitrogens with one attached hydrogen (secondary N) is 1. The Hall–Kier alpha value is -1.71. The van der Waals surface area contributed by atoms with Gasteiger partial charge in [-0.1, -0.05) is 35.9 Å². The highest BCUT2D eigenvalue weighted by molar-refractivity contribution is 6.31. The van der Waals surface area contributed by atoms with Crippen molar-refractivity contribution in [2.75, 3.05) is 13.8 Å². The molecule has 0 aromatic heterocycles. The minimum atomic E-state index is 0.273. The summed E-state index contributed by atoms with van der Waals surface area (Å²) < 4.78 is 10.9. The summed E-state index contributed by atoms with van der Waals surface area (Å²) in [6.45, 7) is 0.273. The Morgan fingerprint density at radius 1 is 1.05 bits per heavy atom. The van der Waals surface area contributed by atoms with E-state index in [4.69, 9.17) is 21.1 Å². The number of benzene rings is 2. The third-order valence-corrected chi connectivity index (χ3v) is 4.76. The van der Waals surface area contributed by atoms with Crippen molar-refractivity contribution in [3.05, 3.63) is 58.1 Å². The first-order valence-electron chi connectivity index (χ1n) is 7.13. The maximum absolute atomic E-state index is 6.49. The Labute approximate surface area is 128 Å². The van der Waals surface area contributed by atoms with Gasteiger partial charge in [0.05, 0.1) is 0 Å². The molecule has 1 aliphatic heterocycles. The number of fused-ring (bicyclic) bond motifs is 2. The van der Waals surface area contributed by atoms with Gasteiger partial charge in [-0.25, -0.2) is 0 Å². The van der Waals surface area contributed by atoms with Crippen LogP contribution in [0.3, 0.4) is 0 Å². The van der Waals surface area contributed by atoms with Crippen LogP contribution in [0, 0.1) is 0 Å². The standard InChI is InChI=1S/C17H16ClNO2/c1-19-15-6-12(10-4-2-3-5-11(10)15)13-7-16-17(8-14(13)18)21-9-20-16/h2-5,7-8,12,15,19H,6,9H2,1H3/t12-,15+/m0/s1. The van der Waals surface area contributed by atoms with Crippen LogP contribution in [0.4, 0.5) is 0 Å². The van der Waals surface area contributed by atoms with E-state index >= 15 is 0 Å². The highest BCUT2D eigenvalue weighted by Gasteiger charge is 2.33. The van der Waals surface area contributed by atoms with Crippen molar-refractivity contribution in [1.29, 1.82) is 0 Å². The Morgan fingerprint density at radius 3 is 2.52 bits per heavy atom. The molecule has 21 heavy (non-hydrogen) atoms. The summed E-state index contributed by atoms with van der Waals surface area (Å²) in [6, 6.07) is 12.8. The molecule has 0 bridgehead atoms. The van der Waals surface area contributed by atoms with E-state index in [1.807, 2.05) is 19.2 Å². The molecule has 0 radical (unpaired) electrons. The lowest BCUT2D eigenvalue weighted by Crippen LogP contribution is -2.13. The van der Waals surface area contributed by atoms with E-state index in [1.54, 1.807) is 0 Å². The maximum atomic E-state index is 6.49. The van der Waals surface area contributed by atoms with Crippen molar-refractivity contribution in [2.45, 2.75) is 18.4 Å². The molecule has 2 aromatic rings. The van der Waals surface area contributed by atoms with Crippen LogP contribution in [-0.2, 0) is 0 Å². The minimum absolute atomic E-state index is 0.273. The highest BCUT2D eigenvalue weighted by atomic mass is 35.5. The molecule has 2 aromatic carbocycles. The van der Waals surface area contributed by atoms with Crippen LogP contribution in [0.25, 0.3) is 0 Å². The summed E-state index contributed by atoms with van der Waals surface area (Å²) in [6.07, 6.45) is 1.01. The van der Waals surface area contributed by atoms with Crippen molar-refractivity contribution < 1.29 is 9.47 Å². The number of hydrogen-bond acceptors (Lipinski definition) is 3. The molecule has 1 aliphatic carbocycles. The predicted octanol–water partition coefficient (Wildman–Crippen LogP) is 3.86. The SMILES string of the molecule is CN[C@@H]1C[C@H](c2cc3c(cc2Cl)OCO3)c2ccccc21. The lowest BCUT2D eigenvalue weighted by atomic mass is 9.92. The lowest BCUT2D eigenvalue weighted by Gasteiger charge is -2.15. The quantitative estimate of drug-likeness (QED) is 0.913. The Morgan fingerprint density at radius 2 is 1.76 bits per heavy atom. The summed E-state index contributed by atoms with van der Waals surface area (Å²) in [5, 5.41) is 4.14. The third kappa shape index (κ3) is 2.00. The molecule has 4 heteroatoms. The van der Waals surface area contributed by atoms with Crippen LogP contribution in [0.2, 0.25) is 5.02 Å². The van der Waals surface area contributed by atoms with Gasteiger partial charge in [0.1, 0.15) is 0 Å². The first-order valence-corrected chi connectivity index (χ1v) is 7.51. The third-order valence-electron chi connectivity index (χ3n) is 4.43. The first-order chi connectivity index (χ1) is 10.3. The van der Waals surface area contributed by atoms with E-state index in [-0.39, 0.29) is 6.79 Å². The summed E-state index contributed by atoms with van der Waals surface area (Å²) in [5.41, 5.74) is 3.82. The first kappa shape index (κ1) is 13.0. The van der Waals surface area contributed by atoms with Gasteiger partial charge >= 0.3 is 0 Å². The smallest absolute Gasteiger partial charge is 0.231 e. The van der Waals surface area contributed by atoms with E-state index in [9.17, 15) is 0 Å². The van der Waals surface area contributed by atoms with E-state index in [0.29, 0.717) is 12.0 Å². The van der Waals surface area contributed by atoms with Crippen molar-refractivity contribution in [3.63, 3.8) is 0 Å². The van der Waals surface area contributed by atoms with Gasteiger partial charge < -0.3 is 14.8 Å². The average Bonchev–Trinajstić information content (AvgIpc) is 3.09. The van der Waals surface area contributed by atoms with Crippen molar-refractivity contribution in [3.8, 4) is 11.5 Å². The molecule has 0 fully saturated rings. The summed E-state index contributed by atoms with van der Waals surface area (Å²) in [7, 11) is 2.01. The van der Waals surface area contributed by atoms with Gasteiger partial charge in [-0.2, -0.15) is 0 Å². The second-order valence-corrected chi connectivity index (χ2v) is 5.89. The van der Waals surface area contributed by atoms with Crippen molar-refractivity contribution in [2.24, 2.45) is 0 Å². The Balaban J connectivity index is 1.81. The number of rotatable bonds is 2. The summed E-state index contributed by atoms with van der Waals surface area (Å²) >= 11 is 6.49. The summed E-state index contributed by atoms with van der Waals surface area (Å²) in [4.78, 5) is 0. The van der Waals surface area contributed by atoms with E-state index in [0.717, 1.165) is 28.5 Å². The molecule has 0 saturated heterocycles. The number of hydrogen-bond donors (Lipinski definition) is 1. The van der Waals surface area contributed by atoms with Gasteiger partial charge in [-0.15, -0.1) is 0 Å². The normalized spacial score (nSPS) is 22.4. The second kappa shape index (κ2) is 4.93. The molecule has 0 amide bonds. The zero-order chi connectivity index (χ0) is 14.4. The lowest BCUT2D eigenvalue weighted by molar-refractivity contribution is 0.174. The molecule has 0 spiro atoms. The molecular formula is C17H16ClNO2. The van der Waals surface area contributed by atoms with Crippen LogP contribution < -0.4 is 14.8 Å².